The van der Waals surface area contributed by atoms with Crippen molar-refractivity contribution in [2.45, 2.75) is 32.1 Å². The summed E-state index contributed by atoms with van der Waals surface area (Å²) in [5.74, 6) is 0.738. The van der Waals surface area contributed by atoms with E-state index < -0.39 is 0 Å². The maximum absolute atomic E-state index is 5.67. The normalized spacial score (nSPS) is 18.2. The fourth-order valence-electron chi connectivity index (χ4n) is 1.56. The lowest BCUT2D eigenvalue weighted by molar-refractivity contribution is -0.0443. The summed E-state index contributed by atoms with van der Waals surface area (Å²) in [7, 11) is 0. The molecule has 2 N–H and O–H groups in total. The number of nitrogens with zero attached hydrogens (tertiary/aromatic N) is 1. The molecule has 1 fully saturated rings. The Kier molecular flexibility index (Phi) is 3.71. The van der Waals surface area contributed by atoms with Gasteiger partial charge in [-0.2, -0.15) is 0 Å². The predicted octanol–water partition coefficient (Wildman–Crippen LogP) is 0.829. The van der Waals surface area contributed by atoms with E-state index in [2.05, 4.69) is 5.16 Å². The van der Waals surface area contributed by atoms with Gasteiger partial charge in [-0.25, -0.2) is 0 Å². The second-order valence-corrected chi connectivity index (χ2v) is 3.61. The zero-order chi connectivity index (χ0) is 10.5. The standard InChI is InChI=1S/C10H16N2O3/c11-6-8-5-10(15-12-8)7-14-9-1-3-13-4-2-9/h5,9H,1-4,6-7,11H2. The summed E-state index contributed by atoms with van der Waals surface area (Å²) in [6.45, 7) is 2.45. The van der Waals surface area contributed by atoms with E-state index in [1.165, 1.54) is 0 Å². The molecule has 1 aromatic rings. The van der Waals surface area contributed by atoms with Crippen LogP contribution in [0.1, 0.15) is 24.3 Å². The summed E-state index contributed by atoms with van der Waals surface area (Å²) in [5.41, 5.74) is 6.19. The molecule has 0 aliphatic carbocycles. The molecular weight excluding hydrogens is 196 g/mol. The maximum Gasteiger partial charge on any atom is 0.162 e. The Bertz CT molecular complexity index is 295. The molecule has 0 atom stereocenters. The average molecular weight is 212 g/mol. The molecule has 0 bridgehead atoms. The first kappa shape index (κ1) is 10.6. The zero-order valence-electron chi connectivity index (χ0n) is 8.65. The SMILES string of the molecule is NCc1cc(COC2CCOCC2)on1. The highest BCUT2D eigenvalue weighted by Crippen LogP contribution is 2.13. The van der Waals surface area contributed by atoms with E-state index in [0.29, 0.717) is 13.2 Å². The van der Waals surface area contributed by atoms with Crippen LogP contribution in [0.25, 0.3) is 0 Å². The van der Waals surface area contributed by atoms with Crippen LogP contribution >= 0.6 is 0 Å². The van der Waals surface area contributed by atoms with Crippen LogP contribution in [0.5, 0.6) is 0 Å². The molecule has 1 saturated heterocycles. The Labute approximate surface area is 88.5 Å². The van der Waals surface area contributed by atoms with Gasteiger partial charge in [0.15, 0.2) is 5.76 Å². The van der Waals surface area contributed by atoms with Crippen molar-refractivity contribution < 1.29 is 14.0 Å². The molecule has 0 radical (unpaired) electrons. The van der Waals surface area contributed by atoms with Crippen molar-refractivity contribution in [3.05, 3.63) is 17.5 Å². The van der Waals surface area contributed by atoms with E-state index in [1.807, 2.05) is 6.07 Å². The maximum atomic E-state index is 5.67. The number of aromatic nitrogens is 1. The van der Waals surface area contributed by atoms with Crippen LogP contribution in [-0.4, -0.2) is 24.5 Å². The number of hydrogen-bond acceptors (Lipinski definition) is 5. The summed E-state index contributed by atoms with van der Waals surface area (Å²) in [6.07, 6.45) is 2.20. The van der Waals surface area contributed by atoms with Crippen LogP contribution in [0.4, 0.5) is 0 Å². The van der Waals surface area contributed by atoms with Crippen molar-refractivity contribution in [2.24, 2.45) is 5.73 Å². The summed E-state index contributed by atoms with van der Waals surface area (Å²) in [5, 5.41) is 3.79. The van der Waals surface area contributed by atoms with Crippen LogP contribution < -0.4 is 5.73 Å². The molecule has 5 heteroatoms. The summed E-state index contributed by atoms with van der Waals surface area (Å²) in [4.78, 5) is 0. The van der Waals surface area contributed by atoms with Crippen molar-refractivity contribution in [3.8, 4) is 0 Å². The van der Waals surface area contributed by atoms with Gasteiger partial charge in [0.2, 0.25) is 0 Å². The Hall–Kier alpha value is -0.910. The Balaban J connectivity index is 1.76. The molecule has 0 aromatic carbocycles. The second kappa shape index (κ2) is 5.25. The molecule has 0 spiro atoms. The van der Waals surface area contributed by atoms with Gasteiger partial charge in [-0.1, -0.05) is 5.16 Å². The summed E-state index contributed by atoms with van der Waals surface area (Å²) >= 11 is 0. The van der Waals surface area contributed by atoms with E-state index in [0.717, 1.165) is 37.5 Å². The van der Waals surface area contributed by atoms with Crippen LogP contribution in [-0.2, 0) is 22.6 Å². The molecule has 84 valence electrons. The smallest absolute Gasteiger partial charge is 0.162 e. The van der Waals surface area contributed by atoms with Gasteiger partial charge in [0.25, 0.3) is 0 Å². The molecule has 0 saturated carbocycles. The minimum Gasteiger partial charge on any atom is -0.381 e. The van der Waals surface area contributed by atoms with Crippen molar-refractivity contribution in [2.75, 3.05) is 13.2 Å². The van der Waals surface area contributed by atoms with E-state index in [4.69, 9.17) is 19.7 Å². The second-order valence-electron chi connectivity index (χ2n) is 3.61. The van der Waals surface area contributed by atoms with Gasteiger partial charge in [-0.3, -0.25) is 0 Å². The first-order valence-electron chi connectivity index (χ1n) is 5.22. The molecular formula is C10H16N2O3. The fraction of sp³-hybridized carbons (Fsp3) is 0.700. The molecule has 0 amide bonds. The van der Waals surface area contributed by atoms with Crippen molar-refractivity contribution in [1.82, 2.24) is 5.16 Å². The number of hydrogen-bond donors (Lipinski definition) is 1. The number of ether oxygens (including phenoxy) is 2. The van der Waals surface area contributed by atoms with Crippen molar-refractivity contribution in [3.63, 3.8) is 0 Å². The van der Waals surface area contributed by atoms with E-state index in [-0.39, 0.29) is 6.10 Å². The van der Waals surface area contributed by atoms with E-state index in [1.54, 1.807) is 0 Å². The van der Waals surface area contributed by atoms with Crippen molar-refractivity contribution >= 4 is 0 Å². The molecule has 1 aromatic heterocycles. The van der Waals surface area contributed by atoms with Crippen molar-refractivity contribution in [1.29, 1.82) is 0 Å². The van der Waals surface area contributed by atoms with E-state index >= 15 is 0 Å². The zero-order valence-corrected chi connectivity index (χ0v) is 8.65. The lowest BCUT2D eigenvalue weighted by Crippen LogP contribution is -2.23. The number of rotatable bonds is 4. The van der Waals surface area contributed by atoms with Gasteiger partial charge in [-0.15, -0.1) is 0 Å². The molecule has 15 heavy (non-hydrogen) atoms. The number of nitrogens with two attached hydrogens (primary N) is 1. The topological polar surface area (TPSA) is 70.5 Å². The molecule has 2 rings (SSSR count). The quantitative estimate of drug-likeness (QED) is 0.800. The fourth-order valence-corrected chi connectivity index (χ4v) is 1.56. The third kappa shape index (κ3) is 3.02. The minimum atomic E-state index is 0.283. The molecule has 0 unspecified atom stereocenters. The van der Waals surface area contributed by atoms with Crippen LogP contribution in [0.15, 0.2) is 10.6 Å². The molecule has 1 aliphatic heterocycles. The average Bonchev–Trinajstić information content (AvgIpc) is 2.76. The van der Waals surface area contributed by atoms with Crippen LogP contribution in [0.3, 0.4) is 0 Å². The Morgan fingerprint density at radius 1 is 1.47 bits per heavy atom. The van der Waals surface area contributed by atoms with Crippen LogP contribution in [0.2, 0.25) is 0 Å². The molecule has 1 aliphatic rings. The Morgan fingerprint density at radius 2 is 2.27 bits per heavy atom. The van der Waals surface area contributed by atoms with Gasteiger partial charge in [0.1, 0.15) is 6.61 Å². The first-order chi connectivity index (χ1) is 7.38. The summed E-state index contributed by atoms with van der Waals surface area (Å²) in [6, 6.07) is 1.83. The van der Waals surface area contributed by atoms with Gasteiger partial charge in [-0.05, 0) is 12.8 Å². The van der Waals surface area contributed by atoms with E-state index in [9.17, 15) is 0 Å². The Morgan fingerprint density at radius 3 is 2.93 bits per heavy atom. The minimum absolute atomic E-state index is 0.283. The van der Waals surface area contributed by atoms with Gasteiger partial charge in [0, 0.05) is 25.8 Å². The third-order valence-electron chi connectivity index (χ3n) is 2.45. The third-order valence-corrected chi connectivity index (χ3v) is 2.45. The first-order valence-corrected chi connectivity index (χ1v) is 5.22. The van der Waals surface area contributed by atoms with Gasteiger partial charge >= 0.3 is 0 Å². The summed E-state index contributed by atoms with van der Waals surface area (Å²) < 4.78 is 16.0. The largest absolute Gasteiger partial charge is 0.381 e. The van der Waals surface area contributed by atoms with Gasteiger partial charge < -0.3 is 19.7 Å². The van der Waals surface area contributed by atoms with Gasteiger partial charge in [0.05, 0.1) is 11.8 Å². The predicted molar refractivity (Wildman–Crippen MR) is 53.0 cm³/mol. The van der Waals surface area contributed by atoms with Crippen LogP contribution in [0, 0.1) is 0 Å². The molecule has 2 heterocycles. The highest BCUT2D eigenvalue weighted by atomic mass is 16.5. The molecule has 5 nitrogen and oxygen atoms in total. The lowest BCUT2D eigenvalue weighted by Gasteiger charge is -2.21. The highest BCUT2D eigenvalue weighted by Gasteiger charge is 2.15. The highest BCUT2D eigenvalue weighted by molar-refractivity contribution is 5.03. The lowest BCUT2D eigenvalue weighted by atomic mass is 10.1. The monoisotopic (exact) mass is 212 g/mol.